The zero-order chi connectivity index (χ0) is 24.3. The SMILES string of the molecule is CC(C)NC(=O)O[C@@H]1CC[C@H](c2cc(NC(=O)[C@H]3CCN(CC(F)F)C3)n(C(C)(C)C)n2)C1. The van der Waals surface area contributed by atoms with Crippen LogP contribution in [0.5, 0.6) is 0 Å². The lowest BCUT2D eigenvalue weighted by atomic mass is 10.0. The summed E-state index contributed by atoms with van der Waals surface area (Å²) in [6.07, 6.45) is -0.0956. The summed E-state index contributed by atoms with van der Waals surface area (Å²) in [5.74, 6) is 0.256. The Labute approximate surface area is 194 Å². The first kappa shape index (κ1) is 25.4. The lowest BCUT2D eigenvalue weighted by Crippen LogP contribution is -2.33. The first-order chi connectivity index (χ1) is 15.4. The van der Waals surface area contributed by atoms with Crippen LogP contribution in [0.15, 0.2) is 6.07 Å². The molecule has 0 bridgehead atoms. The summed E-state index contributed by atoms with van der Waals surface area (Å²) in [5.41, 5.74) is 0.505. The van der Waals surface area contributed by atoms with Gasteiger partial charge < -0.3 is 15.4 Å². The van der Waals surface area contributed by atoms with E-state index in [1.165, 1.54) is 0 Å². The molecule has 8 nitrogen and oxygen atoms in total. The minimum atomic E-state index is -2.40. The smallest absolute Gasteiger partial charge is 0.407 e. The summed E-state index contributed by atoms with van der Waals surface area (Å²) in [4.78, 5) is 26.4. The number of likely N-dealkylation sites (tertiary alicyclic amines) is 1. The standard InChI is InChI=1S/C23H37F2N5O3/c1-14(2)26-22(32)33-17-7-6-15(10-17)18-11-20(30(28-18)23(3,4)5)27-21(31)16-8-9-29(12-16)13-19(24)25/h11,14-17,19H,6-10,12-13H2,1-5H3,(H,26,32)(H,27,31)/t15-,16-,17+/m0/s1. The molecule has 2 aliphatic rings. The van der Waals surface area contributed by atoms with Crippen molar-refractivity contribution in [2.45, 2.75) is 90.3 Å². The molecule has 0 radical (unpaired) electrons. The van der Waals surface area contributed by atoms with Crippen LogP contribution in [-0.2, 0) is 15.1 Å². The van der Waals surface area contributed by atoms with E-state index in [1.54, 1.807) is 4.90 Å². The van der Waals surface area contributed by atoms with Crippen molar-refractivity contribution in [1.29, 1.82) is 0 Å². The second-order valence-corrected chi connectivity index (χ2v) is 10.5. The first-order valence-corrected chi connectivity index (χ1v) is 11.8. The van der Waals surface area contributed by atoms with Gasteiger partial charge in [0.1, 0.15) is 11.9 Å². The molecule has 2 N–H and O–H groups in total. The quantitative estimate of drug-likeness (QED) is 0.632. The number of nitrogens with zero attached hydrogens (tertiary/aromatic N) is 3. The zero-order valence-electron chi connectivity index (χ0n) is 20.2. The Hall–Kier alpha value is -2.23. The first-order valence-electron chi connectivity index (χ1n) is 11.8. The molecular formula is C23H37F2N5O3. The van der Waals surface area contributed by atoms with Gasteiger partial charge >= 0.3 is 6.09 Å². The van der Waals surface area contributed by atoms with Crippen LogP contribution in [0.2, 0.25) is 0 Å². The third kappa shape index (κ3) is 6.88. The van der Waals surface area contributed by atoms with Gasteiger partial charge in [-0.15, -0.1) is 0 Å². The monoisotopic (exact) mass is 469 g/mol. The minimum Gasteiger partial charge on any atom is -0.446 e. The molecular weight excluding hydrogens is 432 g/mol. The Kier molecular flexibility index (Phi) is 7.97. The van der Waals surface area contributed by atoms with Crippen molar-refractivity contribution in [3.05, 3.63) is 11.8 Å². The van der Waals surface area contributed by atoms with E-state index >= 15 is 0 Å². The number of aromatic nitrogens is 2. The van der Waals surface area contributed by atoms with E-state index < -0.39 is 12.5 Å². The van der Waals surface area contributed by atoms with Gasteiger partial charge in [-0.1, -0.05) is 0 Å². The van der Waals surface area contributed by atoms with Gasteiger partial charge in [0.2, 0.25) is 5.91 Å². The highest BCUT2D eigenvalue weighted by Gasteiger charge is 2.34. The number of hydrogen-bond donors (Lipinski definition) is 2. The highest BCUT2D eigenvalue weighted by molar-refractivity contribution is 5.92. The average molecular weight is 470 g/mol. The Bertz CT molecular complexity index is 837. The van der Waals surface area contributed by atoms with Crippen LogP contribution in [0.3, 0.4) is 0 Å². The van der Waals surface area contributed by atoms with Gasteiger partial charge in [0, 0.05) is 24.6 Å². The molecule has 3 rings (SSSR count). The number of alkyl carbamates (subject to hydrolysis) is 1. The second kappa shape index (κ2) is 10.4. The van der Waals surface area contributed by atoms with E-state index in [4.69, 9.17) is 9.84 Å². The molecule has 33 heavy (non-hydrogen) atoms. The third-order valence-corrected chi connectivity index (χ3v) is 6.14. The number of amides is 2. The van der Waals surface area contributed by atoms with Crippen molar-refractivity contribution in [1.82, 2.24) is 20.0 Å². The highest BCUT2D eigenvalue weighted by atomic mass is 19.3. The average Bonchev–Trinajstić information content (AvgIpc) is 3.39. The second-order valence-electron chi connectivity index (χ2n) is 10.5. The predicted molar refractivity (Wildman–Crippen MR) is 122 cm³/mol. The van der Waals surface area contributed by atoms with Crippen molar-refractivity contribution in [2.75, 3.05) is 25.0 Å². The maximum atomic E-state index is 12.9. The van der Waals surface area contributed by atoms with E-state index in [-0.39, 0.29) is 42.0 Å². The highest BCUT2D eigenvalue weighted by Crippen LogP contribution is 2.37. The topological polar surface area (TPSA) is 88.5 Å². The number of carbonyl (C=O) groups is 2. The lowest BCUT2D eigenvalue weighted by molar-refractivity contribution is -0.119. The molecule has 10 heteroatoms. The van der Waals surface area contributed by atoms with E-state index in [9.17, 15) is 18.4 Å². The molecule has 1 aromatic rings. The minimum absolute atomic E-state index is 0.0191. The molecule has 2 amide bonds. The lowest BCUT2D eigenvalue weighted by Gasteiger charge is -2.23. The largest absolute Gasteiger partial charge is 0.446 e. The zero-order valence-corrected chi connectivity index (χ0v) is 20.2. The Balaban J connectivity index is 1.66. The number of hydrogen-bond acceptors (Lipinski definition) is 5. The molecule has 1 saturated carbocycles. The van der Waals surface area contributed by atoms with Gasteiger partial charge in [0.05, 0.1) is 23.7 Å². The molecule has 1 aliphatic heterocycles. The van der Waals surface area contributed by atoms with Gasteiger partial charge in [-0.2, -0.15) is 5.10 Å². The number of ether oxygens (including phenoxy) is 1. The van der Waals surface area contributed by atoms with Gasteiger partial charge in [0.25, 0.3) is 6.43 Å². The fraction of sp³-hybridized carbons (Fsp3) is 0.783. The van der Waals surface area contributed by atoms with Gasteiger partial charge in [0.15, 0.2) is 0 Å². The number of alkyl halides is 2. The van der Waals surface area contributed by atoms with E-state index in [1.807, 2.05) is 45.4 Å². The molecule has 1 aromatic heterocycles. The van der Waals surface area contributed by atoms with Crippen LogP contribution in [-0.4, -0.2) is 64.9 Å². The van der Waals surface area contributed by atoms with Crippen LogP contribution >= 0.6 is 0 Å². The van der Waals surface area contributed by atoms with Gasteiger partial charge in [-0.3, -0.25) is 9.69 Å². The van der Waals surface area contributed by atoms with Crippen LogP contribution < -0.4 is 10.6 Å². The molecule has 1 saturated heterocycles. The fourth-order valence-electron chi connectivity index (χ4n) is 4.57. The van der Waals surface area contributed by atoms with Crippen molar-refractivity contribution in [3.8, 4) is 0 Å². The van der Waals surface area contributed by atoms with Crippen LogP contribution in [0, 0.1) is 5.92 Å². The van der Waals surface area contributed by atoms with Crippen molar-refractivity contribution in [3.63, 3.8) is 0 Å². The number of rotatable bonds is 7. The number of halogens is 2. The molecule has 3 atom stereocenters. The molecule has 0 unspecified atom stereocenters. The fourth-order valence-corrected chi connectivity index (χ4v) is 4.57. The van der Waals surface area contributed by atoms with Crippen molar-refractivity contribution >= 4 is 17.8 Å². The van der Waals surface area contributed by atoms with E-state index in [0.717, 1.165) is 18.5 Å². The van der Waals surface area contributed by atoms with Crippen LogP contribution in [0.1, 0.15) is 71.9 Å². The summed E-state index contributed by atoms with van der Waals surface area (Å²) in [5, 5.41) is 10.5. The van der Waals surface area contributed by atoms with Gasteiger partial charge in [-0.05, 0) is 66.8 Å². The number of nitrogens with one attached hydrogen (secondary N) is 2. The van der Waals surface area contributed by atoms with Crippen molar-refractivity contribution in [2.24, 2.45) is 5.92 Å². The summed E-state index contributed by atoms with van der Waals surface area (Å²) in [6.45, 7) is 10.3. The summed E-state index contributed by atoms with van der Waals surface area (Å²) in [7, 11) is 0. The molecule has 1 aliphatic carbocycles. The Morgan fingerprint density at radius 1 is 1.24 bits per heavy atom. The molecule has 186 valence electrons. The van der Waals surface area contributed by atoms with E-state index in [2.05, 4.69) is 10.6 Å². The van der Waals surface area contributed by atoms with E-state index in [0.29, 0.717) is 31.7 Å². The van der Waals surface area contributed by atoms with Gasteiger partial charge in [-0.25, -0.2) is 18.3 Å². The molecule has 0 spiro atoms. The third-order valence-electron chi connectivity index (χ3n) is 6.14. The number of carbonyl (C=O) groups excluding carboxylic acids is 2. The summed E-state index contributed by atoms with van der Waals surface area (Å²) >= 11 is 0. The Morgan fingerprint density at radius 3 is 2.61 bits per heavy atom. The maximum Gasteiger partial charge on any atom is 0.407 e. The molecule has 0 aromatic carbocycles. The van der Waals surface area contributed by atoms with Crippen LogP contribution in [0.25, 0.3) is 0 Å². The summed E-state index contributed by atoms with van der Waals surface area (Å²) in [6, 6.07) is 1.92. The maximum absolute atomic E-state index is 12.9. The number of anilines is 1. The predicted octanol–water partition coefficient (Wildman–Crippen LogP) is 3.93. The normalized spacial score (nSPS) is 24.0. The molecule has 2 heterocycles. The molecule has 2 fully saturated rings. The van der Waals surface area contributed by atoms with Crippen molar-refractivity contribution < 1.29 is 23.1 Å². The summed E-state index contributed by atoms with van der Waals surface area (Å²) < 4.78 is 32.7. The Morgan fingerprint density at radius 2 is 1.97 bits per heavy atom. The van der Waals surface area contributed by atoms with Crippen LogP contribution in [0.4, 0.5) is 19.4 Å².